The van der Waals surface area contributed by atoms with Gasteiger partial charge in [0.15, 0.2) is 11.5 Å². The molecule has 6 nitrogen and oxygen atoms in total. The summed E-state index contributed by atoms with van der Waals surface area (Å²) in [6.07, 6.45) is 0.198. The van der Waals surface area contributed by atoms with Crippen molar-refractivity contribution in [3.8, 4) is 23.0 Å². The maximum absolute atomic E-state index is 12.7. The van der Waals surface area contributed by atoms with Crippen molar-refractivity contribution >= 4 is 5.91 Å². The highest BCUT2D eigenvalue weighted by molar-refractivity contribution is 5.78. The van der Waals surface area contributed by atoms with Crippen LogP contribution in [-0.2, 0) is 17.8 Å². The summed E-state index contributed by atoms with van der Waals surface area (Å²) in [7, 11) is 1.78. The molecule has 1 aliphatic rings. The number of hydrogen-bond donors (Lipinski definition) is 0. The van der Waals surface area contributed by atoms with Gasteiger partial charge in [-0.1, -0.05) is 24.3 Å². The van der Waals surface area contributed by atoms with E-state index in [9.17, 15) is 4.79 Å². The van der Waals surface area contributed by atoms with Crippen molar-refractivity contribution in [3.05, 3.63) is 65.5 Å². The number of ether oxygens (including phenoxy) is 2. The lowest BCUT2D eigenvalue weighted by Crippen LogP contribution is -2.28. The molecule has 0 bridgehead atoms. The quantitative estimate of drug-likeness (QED) is 0.678. The van der Waals surface area contributed by atoms with Crippen molar-refractivity contribution in [1.29, 1.82) is 0 Å². The molecule has 6 heteroatoms. The number of rotatable bonds is 5. The molecule has 144 valence electrons. The van der Waals surface area contributed by atoms with E-state index in [-0.39, 0.29) is 12.3 Å². The van der Waals surface area contributed by atoms with Crippen LogP contribution in [0.5, 0.6) is 11.5 Å². The average molecular weight is 378 g/mol. The second-order valence-corrected chi connectivity index (χ2v) is 6.79. The second-order valence-electron chi connectivity index (χ2n) is 6.79. The summed E-state index contributed by atoms with van der Waals surface area (Å²) < 4.78 is 16.9. The lowest BCUT2D eigenvalue weighted by molar-refractivity contribution is -0.129. The van der Waals surface area contributed by atoms with Gasteiger partial charge in [0.25, 0.3) is 0 Å². The van der Waals surface area contributed by atoms with Crippen molar-refractivity contribution in [1.82, 2.24) is 9.88 Å². The van der Waals surface area contributed by atoms with Gasteiger partial charge in [-0.05, 0) is 36.8 Å². The summed E-state index contributed by atoms with van der Waals surface area (Å²) in [5, 5.41) is 0. The molecule has 1 aliphatic heterocycles. The standard InChI is InChI=1S/C22H22N2O4/c1-15-18(23-22(28-15)17-6-4-3-5-7-17)13-21(25)24(2)14-16-8-9-19-20(12-16)27-11-10-26-19/h3-9,12H,10-11,13-14H2,1-2H3. The summed E-state index contributed by atoms with van der Waals surface area (Å²) in [5.41, 5.74) is 2.55. The van der Waals surface area contributed by atoms with E-state index in [1.54, 1.807) is 11.9 Å². The molecule has 0 spiro atoms. The van der Waals surface area contributed by atoms with Crippen LogP contribution in [0.4, 0.5) is 0 Å². The van der Waals surface area contributed by atoms with Crippen LogP contribution in [0.1, 0.15) is 17.0 Å². The Balaban J connectivity index is 1.43. The van der Waals surface area contributed by atoms with Gasteiger partial charge in [0.2, 0.25) is 11.8 Å². The van der Waals surface area contributed by atoms with E-state index < -0.39 is 0 Å². The first kappa shape index (κ1) is 18.1. The Bertz CT molecular complexity index is 981. The topological polar surface area (TPSA) is 64.8 Å². The number of aryl methyl sites for hydroxylation is 1. The number of nitrogens with zero attached hydrogens (tertiary/aromatic N) is 2. The third-order valence-corrected chi connectivity index (χ3v) is 4.68. The molecule has 0 unspecified atom stereocenters. The third-order valence-electron chi connectivity index (χ3n) is 4.68. The van der Waals surface area contributed by atoms with Crippen molar-refractivity contribution in [2.24, 2.45) is 0 Å². The van der Waals surface area contributed by atoms with E-state index in [0.717, 1.165) is 22.6 Å². The Morgan fingerprint density at radius 1 is 1.07 bits per heavy atom. The molecule has 2 aromatic carbocycles. The summed E-state index contributed by atoms with van der Waals surface area (Å²) in [5.74, 6) is 2.65. The maximum Gasteiger partial charge on any atom is 0.228 e. The second kappa shape index (κ2) is 7.76. The Morgan fingerprint density at radius 2 is 1.82 bits per heavy atom. The Labute approximate surface area is 163 Å². The molecular formula is C22H22N2O4. The minimum Gasteiger partial charge on any atom is -0.486 e. The van der Waals surface area contributed by atoms with Crippen LogP contribution >= 0.6 is 0 Å². The fourth-order valence-corrected chi connectivity index (χ4v) is 3.12. The van der Waals surface area contributed by atoms with Gasteiger partial charge < -0.3 is 18.8 Å². The maximum atomic E-state index is 12.7. The third kappa shape index (κ3) is 3.86. The molecule has 1 aromatic heterocycles. The Morgan fingerprint density at radius 3 is 2.61 bits per heavy atom. The average Bonchev–Trinajstić information content (AvgIpc) is 3.09. The molecule has 0 radical (unpaired) electrons. The van der Waals surface area contributed by atoms with Crippen molar-refractivity contribution in [3.63, 3.8) is 0 Å². The monoisotopic (exact) mass is 378 g/mol. The van der Waals surface area contributed by atoms with Gasteiger partial charge in [0.1, 0.15) is 19.0 Å². The fraction of sp³-hybridized carbons (Fsp3) is 0.273. The van der Waals surface area contributed by atoms with Gasteiger partial charge in [-0.15, -0.1) is 0 Å². The smallest absolute Gasteiger partial charge is 0.228 e. The lowest BCUT2D eigenvalue weighted by Gasteiger charge is -2.21. The van der Waals surface area contributed by atoms with Gasteiger partial charge in [-0.2, -0.15) is 0 Å². The fourth-order valence-electron chi connectivity index (χ4n) is 3.12. The largest absolute Gasteiger partial charge is 0.486 e. The number of carbonyl (C=O) groups excluding carboxylic acids is 1. The number of benzene rings is 2. The van der Waals surface area contributed by atoms with Gasteiger partial charge >= 0.3 is 0 Å². The lowest BCUT2D eigenvalue weighted by atomic mass is 10.1. The summed E-state index contributed by atoms with van der Waals surface area (Å²) in [6, 6.07) is 15.4. The number of hydrogen-bond acceptors (Lipinski definition) is 5. The predicted octanol–water partition coefficient (Wildman–Crippen LogP) is 3.62. The van der Waals surface area contributed by atoms with Gasteiger partial charge in [-0.3, -0.25) is 4.79 Å². The van der Waals surface area contributed by atoms with E-state index >= 15 is 0 Å². The molecule has 4 rings (SSSR count). The predicted molar refractivity (Wildman–Crippen MR) is 104 cm³/mol. The number of amides is 1. The zero-order valence-corrected chi connectivity index (χ0v) is 16.0. The number of fused-ring (bicyclic) bond motifs is 1. The molecule has 0 atom stereocenters. The van der Waals surface area contributed by atoms with Crippen LogP contribution in [0.15, 0.2) is 52.9 Å². The molecule has 1 amide bonds. The first-order valence-corrected chi connectivity index (χ1v) is 9.24. The molecule has 0 saturated carbocycles. The normalized spacial score (nSPS) is 12.6. The first-order valence-electron chi connectivity index (χ1n) is 9.24. The van der Waals surface area contributed by atoms with E-state index in [1.807, 2.05) is 55.5 Å². The number of carbonyl (C=O) groups is 1. The zero-order chi connectivity index (χ0) is 19.5. The SMILES string of the molecule is Cc1oc(-c2ccccc2)nc1CC(=O)N(C)Cc1ccc2c(c1)OCCO2. The van der Waals surface area contributed by atoms with Gasteiger partial charge in [-0.25, -0.2) is 4.98 Å². The minimum atomic E-state index is -0.0223. The molecule has 0 fully saturated rings. The van der Waals surface area contributed by atoms with Crippen LogP contribution < -0.4 is 9.47 Å². The number of likely N-dealkylation sites (N-methyl/N-ethyl adjacent to an activating group) is 1. The highest BCUT2D eigenvalue weighted by atomic mass is 16.6. The van der Waals surface area contributed by atoms with Crippen LogP contribution in [0, 0.1) is 6.92 Å². The van der Waals surface area contributed by atoms with Crippen LogP contribution in [0.3, 0.4) is 0 Å². The Kier molecular flexibility index (Phi) is 5.02. The van der Waals surface area contributed by atoms with E-state index in [0.29, 0.717) is 37.1 Å². The number of oxazole rings is 1. The molecule has 0 aliphatic carbocycles. The Hall–Kier alpha value is -3.28. The molecular weight excluding hydrogens is 356 g/mol. The zero-order valence-electron chi connectivity index (χ0n) is 16.0. The van der Waals surface area contributed by atoms with Crippen molar-refractivity contribution in [2.75, 3.05) is 20.3 Å². The van der Waals surface area contributed by atoms with Crippen LogP contribution in [0.2, 0.25) is 0 Å². The first-order chi connectivity index (χ1) is 13.6. The van der Waals surface area contributed by atoms with Crippen molar-refractivity contribution in [2.45, 2.75) is 19.9 Å². The summed E-state index contributed by atoms with van der Waals surface area (Å²) in [4.78, 5) is 18.9. The molecule has 28 heavy (non-hydrogen) atoms. The molecule has 0 N–H and O–H groups in total. The van der Waals surface area contributed by atoms with E-state index in [1.165, 1.54) is 0 Å². The van der Waals surface area contributed by atoms with E-state index in [2.05, 4.69) is 4.98 Å². The highest BCUT2D eigenvalue weighted by Gasteiger charge is 2.18. The minimum absolute atomic E-state index is 0.0223. The van der Waals surface area contributed by atoms with Crippen LogP contribution in [-0.4, -0.2) is 36.1 Å². The van der Waals surface area contributed by atoms with Crippen molar-refractivity contribution < 1.29 is 18.7 Å². The summed E-state index contributed by atoms with van der Waals surface area (Å²) in [6.45, 7) is 3.42. The van der Waals surface area contributed by atoms with Crippen LogP contribution in [0.25, 0.3) is 11.5 Å². The number of aromatic nitrogens is 1. The van der Waals surface area contributed by atoms with Gasteiger partial charge in [0, 0.05) is 19.2 Å². The highest BCUT2D eigenvalue weighted by Crippen LogP contribution is 2.31. The van der Waals surface area contributed by atoms with E-state index in [4.69, 9.17) is 13.9 Å². The van der Waals surface area contributed by atoms with Gasteiger partial charge in [0.05, 0.1) is 12.1 Å². The summed E-state index contributed by atoms with van der Waals surface area (Å²) >= 11 is 0. The molecule has 3 aromatic rings. The molecule has 0 saturated heterocycles. The molecule has 2 heterocycles.